The Labute approximate surface area is 166 Å². The van der Waals surface area contributed by atoms with Crippen molar-refractivity contribution < 1.29 is 18.4 Å². The number of amides is 1. The van der Waals surface area contributed by atoms with Gasteiger partial charge in [0.05, 0.1) is 32.7 Å². The van der Waals surface area contributed by atoms with Crippen LogP contribution in [0.1, 0.15) is 31.2 Å². The summed E-state index contributed by atoms with van der Waals surface area (Å²) in [5, 5.41) is 0. The molecule has 2 aromatic carbocycles. The van der Waals surface area contributed by atoms with Crippen LogP contribution in [0.2, 0.25) is 0 Å². The number of ether oxygens (including phenoxy) is 1. The molecular weight excluding hydrogens is 355 g/mol. The largest absolute Gasteiger partial charge is 0.445 e. The summed E-state index contributed by atoms with van der Waals surface area (Å²) in [5.41, 5.74) is 1.49. The SMILES string of the molecule is C[N+]1(C)[C@@H]2CC[C@H]1CC(OC(=O)N(Cc1cccc(F)c1)c1ccccc1)C2. The molecule has 0 aromatic heterocycles. The first-order valence-electron chi connectivity index (χ1n) is 10.0. The zero-order chi connectivity index (χ0) is 19.7. The Hall–Kier alpha value is -2.40. The number of hydrogen-bond acceptors (Lipinski definition) is 2. The average Bonchev–Trinajstić information content (AvgIpc) is 2.84. The topological polar surface area (TPSA) is 29.5 Å². The van der Waals surface area contributed by atoms with E-state index in [1.807, 2.05) is 36.4 Å². The zero-order valence-electron chi connectivity index (χ0n) is 16.6. The third-order valence-corrected chi connectivity index (χ3v) is 6.57. The number of fused-ring (bicyclic) bond motifs is 2. The maximum atomic E-state index is 13.6. The van der Waals surface area contributed by atoms with E-state index in [0.717, 1.165) is 28.6 Å². The first-order chi connectivity index (χ1) is 13.4. The summed E-state index contributed by atoms with van der Waals surface area (Å²) in [6, 6.07) is 16.9. The van der Waals surface area contributed by atoms with Gasteiger partial charge in [0.1, 0.15) is 11.9 Å². The van der Waals surface area contributed by atoms with Crippen molar-refractivity contribution in [2.24, 2.45) is 0 Å². The van der Waals surface area contributed by atoms with Gasteiger partial charge in [0.2, 0.25) is 0 Å². The Morgan fingerprint density at radius 2 is 1.75 bits per heavy atom. The highest BCUT2D eigenvalue weighted by atomic mass is 19.1. The fourth-order valence-corrected chi connectivity index (χ4v) is 4.82. The first kappa shape index (κ1) is 18.9. The Morgan fingerprint density at radius 3 is 2.39 bits per heavy atom. The number of hydrogen-bond donors (Lipinski definition) is 0. The molecule has 4 rings (SSSR count). The van der Waals surface area contributed by atoms with Crippen LogP contribution in [0.5, 0.6) is 0 Å². The van der Waals surface area contributed by atoms with Gasteiger partial charge in [-0.1, -0.05) is 30.3 Å². The highest BCUT2D eigenvalue weighted by molar-refractivity contribution is 5.87. The van der Waals surface area contributed by atoms with Crippen LogP contribution in [0.15, 0.2) is 54.6 Å². The molecule has 0 spiro atoms. The Kier molecular flexibility index (Phi) is 5.11. The minimum Gasteiger partial charge on any atom is -0.445 e. The maximum Gasteiger partial charge on any atom is 0.414 e. The summed E-state index contributed by atoms with van der Waals surface area (Å²) < 4.78 is 20.6. The van der Waals surface area contributed by atoms with E-state index in [0.29, 0.717) is 12.1 Å². The lowest BCUT2D eigenvalue weighted by Gasteiger charge is -2.44. The second-order valence-corrected chi connectivity index (χ2v) is 8.54. The van der Waals surface area contributed by atoms with E-state index in [4.69, 9.17) is 4.74 Å². The smallest absolute Gasteiger partial charge is 0.414 e. The van der Waals surface area contributed by atoms with Crippen LogP contribution in [-0.2, 0) is 11.3 Å². The number of carbonyl (C=O) groups excluding carboxylic acids is 1. The lowest BCUT2D eigenvalue weighted by molar-refractivity contribution is -0.931. The minimum atomic E-state index is -0.355. The van der Waals surface area contributed by atoms with Gasteiger partial charge in [0, 0.05) is 31.4 Å². The molecule has 0 saturated carbocycles. The molecule has 2 heterocycles. The standard InChI is InChI=1S/C23H28FN2O2/c1-26(2)20-11-12-21(26)15-22(14-20)28-23(27)25(19-9-4-3-5-10-19)16-17-7-6-8-18(24)13-17/h3-10,13,20-22H,11-12,14-16H2,1-2H3/q+1/t20-,21+,22?. The molecule has 1 amide bonds. The average molecular weight is 383 g/mol. The number of anilines is 1. The summed E-state index contributed by atoms with van der Waals surface area (Å²) in [5.74, 6) is -0.303. The molecule has 0 aliphatic carbocycles. The second kappa shape index (κ2) is 7.55. The van der Waals surface area contributed by atoms with Gasteiger partial charge in [-0.3, -0.25) is 4.90 Å². The monoisotopic (exact) mass is 383 g/mol. The molecular formula is C23H28FN2O2+. The van der Waals surface area contributed by atoms with Crippen LogP contribution in [0.4, 0.5) is 14.9 Å². The van der Waals surface area contributed by atoms with Gasteiger partial charge in [-0.05, 0) is 29.8 Å². The van der Waals surface area contributed by atoms with Crippen LogP contribution in [0.3, 0.4) is 0 Å². The molecule has 2 aliphatic rings. The van der Waals surface area contributed by atoms with Gasteiger partial charge in [0.15, 0.2) is 0 Å². The maximum absolute atomic E-state index is 13.6. The summed E-state index contributed by atoms with van der Waals surface area (Å²) in [6.07, 6.45) is 3.84. The van der Waals surface area contributed by atoms with E-state index in [1.54, 1.807) is 11.0 Å². The van der Waals surface area contributed by atoms with Crippen molar-refractivity contribution in [2.75, 3.05) is 19.0 Å². The number of nitrogens with zero attached hydrogens (tertiary/aromatic N) is 2. The van der Waals surface area contributed by atoms with Crippen LogP contribution in [0.25, 0.3) is 0 Å². The van der Waals surface area contributed by atoms with Gasteiger partial charge in [-0.15, -0.1) is 0 Å². The molecule has 0 radical (unpaired) electrons. The number of rotatable bonds is 4. The minimum absolute atomic E-state index is 0.0464. The van der Waals surface area contributed by atoms with Gasteiger partial charge in [-0.25, -0.2) is 9.18 Å². The molecule has 28 heavy (non-hydrogen) atoms. The lowest BCUT2D eigenvalue weighted by atomic mass is 9.98. The van der Waals surface area contributed by atoms with Crippen LogP contribution in [0, 0.1) is 5.82 Å². The number of para-hydroxylation sites is 1. The lowest BCUT2D eigenvalue weighted by Crippen LogP contribution is -2.56. The van der Waals surface area contributed by atoms with Crippen molar-refractivity contribution in [1.82, 2.24) is 0 Å². The molecule has 4 nitrogen and oxygen atoms in total. The number of carbonyl (C=O) groups is 1. The molecule has 5 heteroatoms. The molecule has 2 fully saturated rings. The molecule has 3 atom stereocenters. The second-order valence-electron chi connectivity index (χ2n) is 8.54. The molecule has 2 aromatic rings. The number of benzene rings is 2. The highest BCUT2D eigenvalue weighted by Gasteiger charge is 2.50. The number of halogens is 1. The first-order valence-corrected chi connectivity index (χ1v) is 10.0. The van der Waals surface area contributed by atoms with E-state index >= 15 is 0 Å². The number of piperidine rings is 1. The van der Waals surface area contributed by atoms with Gasteiger partial charge >= 0.3 is 6.09 Å². The van der Waals surface area contributed by atoms with Crippen molar-refractivity contribution in [3.8, 4) is 0 Å². The van der Waals surface area contributed by atoms with E-state index in [9.17, 15) is 9.18 Å². The Bertz CT molecular complexity index is 824. The van der Waals surface area contributed by atoms with E-state index in [-0.39, 0.29) is 24.6 Å². The number of quaternary nitrogens is 1. The van der Waals surface area contributed by atoms with Crippen molar-refractivity contribution in [1.29, 1.82) is 0 Å². The van der Waals surface area contributed by atoms with E-state index in [2.05, 4.69) is 14.1 Å². The van der Waals surface area contributed by atoms with Crippen LogP contribution >= 0.6 is 0 Å². The third kappa shape index (κ3) is 3.76. The van der Waals surface area contributed by atoms with Gasteiger partial charge in [0.25, 0.3) is 0 Å². The van der Waals surface area contributed by atoms with E-state index in [1.165, 1.54) is 25.0 Å². The summed E-state index contributed by atoms with van der Waals surface area (Å²) in [6.45, 7) is 0.280. The predicted molar refractivity (Wildman–Crippen MR) is 107 cm³/mol. The quantitative estimate of drug-likeness (QED) is 0.714. The Balaban J connectivity index is 1.51. The summed E-state index contributed by atoms with van der Waals surface area (Å²) in [4.78, 5) is 14.7. The van der Waals surface area contributed by atoms with E-state index < -0.39 is 0 Å². The van der Waals surface area contributed by atoms with Crippen molar-refractivity contribution >= 4 is 11.8 Å². The zero-order valence-corrected chi connectivity index (χ0v) is 16.6. The molecule has 148 valence electrons. The van der Waals surface area contributed by atoms with Gasteiger partial charge < -0.3 is 9.22 Å². The van der Waals surface area contributed by atoms with Crippen molar-refractivity contribution in [3.05, 3.63) is 66.0 Å². The fraction of sp³-hybridized carbons (Fsp3) is 0.435. The molecule has 2 saturated heterocycles. The summed E-state index contributed by atoms with van der Waals surface area (Å²) in [7, 11) is 4.58. The normalized spacial score (nSPS) is 25.3. The van der Waals surface area contributed by atoms with Crippen molar-refractivity contribution in [2.45, 2.75) is 50.4 Å². The molecule has 2 aliphatic heterocycles. The molecule has 0 N–H and O–H groups in total. The highest BCUT2D eigenvalue weighted by Crippen LogP contribution is 2.40. The third-order valence-electron chi connectivity index (χ3n) is 6.57. The summed E-state index contributed by atoms with van der Waals surface area (Å²) >= 11 is 0. The van der Waals surface area contributed by atoms with Crippen LogP contribution < -0.4 is 4.90 Å². The van der Waals surface area contributed by atoms with Crippen molar-refractivity contribution in [3.63, 3.8) is 0 Å². The fourth-order valence-electron chi connectivity index (χ4n) is 4.82. The predicted octanol–water partition coefficient (Wildman–Crippen LogP) is 4.74. The Morgan fingerprint density at radius 1 is 1.07 bits per heavy atom. The molecule has 2 bridgehead atoms. The molecule has 1 unspecified atom stereocenters. The van der Waals surface area contributed by atoms with Gasteiger partial charge in [-0.2, -0.15) is 0 Å². The van der Waals surface area contributed by atoms with Crippen LogP contribution in [-0.4, -0.2) is 42.9 Å².